The zero-order chi connectivity index (χ0) is 18.9. The number of ether oxygens (including phenoxy) is 1. The SMILES string of the molecule is CCc1nn(C)c(CC)c1CNC(=NC)NC1C2CCCOC2C1(C)C. The summed E-state index contributed by atoms with van der Waals surface area (Å²) in [5.74, 6) is 1.47. The van der Waals surface area contributed by atoms with Crippen LogP contribution in [0, 0.1) is 11.3 Å². The summed E-state index contributed by atoms with van der Waals surface area (Å²) >= 11 is 0. The molecule has 1 aliphatic carbocycles. The van der Waals surface area contributed by atoms with E-state index in [1.165, 1.54) is 23.4 Å². The van der Waals surface area contributed by atoms with Gasteiger partial charge in [0.25, 0.3) is 0 Å². The number of fused-ring (bicyclic) bond motifs is 1. The number of hydrogen-bond acceptors (Lipinski definition) is 3. The summed E-state index contributed by atoms with van der Waals surface area (Å²) in [7, 11) is 3.88. The average molecular weight is 362 g/mol. The van der Waals surface area contributed by atoms with Crippen LogP contribution in [-0.4, -0.2) is 41.5 Å². The maximum atomic E-state index is 6.02. The molecule has 0 radical (unpaired) electrons. The molecule has 2 N–H and O–H groups in total. The third-order valence-electron chi connectivity index (χ3n) is 6.31. The smallest absolute Gasteiger partial charge is 0.191 e. The van der Waals surface area contributed by atoms with Crippen molar-refractivity contribution in [2.45, 2.75) is 72.1 Å². The Labute approximate surface area is 157 Å². The van der Waals surface area contributed by atoms with E-state index in [1.54, 1.807) is 0 Å². The first-order valence-electron chi connectivity index (χ1n) is 10.1. The van der Waals surface area contributed by atoms with Crippen LogP contribution in [0.1, 0.15) is 57.5 Å². The third-order valence-corrected chi connectivity index (χ3v) is 6.31. The van der Waals surface area contributed by atoms with Gasteiger partial charge < -0.3 is 15.4 Å². The Morgan fingerprint density at radius 1 is 1.35 bits per heavy atom. The number of guanidine groups is 1. The highest BCUT2D eigenvalue weighted by atomic mass is 16.5. The van der Waals surface area contributed by atoms with Crippen molar-refractivity contribution in [1.29, 1.82) is 0 Å². The van der Waals surface area contributed by atoms with Crippen molar-refractivity contribution in [3.63, 3.8) is 0 Å². The first-order valence-corrected chi connectivity index (χ1v) is 10.1. The van der Waals surface area contributed by atoms with E-state index in [-0.39, 0.29) is 5.41 Å². The van der Waals surface area contributed by atoms with Crippen LogP contribution in [0.4, 0.5) is 0 Å². The second-order valence-corrected chi connectivity index (χ2v) is 8.17. The van der Waals surface area contributed by atoms with Crippen molar-refractivity contribution in [2.75, 3.05) is 13.7 Å². The first kappa shape index (κ1) is 19.2. The van der Waals surface area contributed by atoms with Gasteiger partial charge in [0.05, 0.1) is 11.8 Å². The molecule has 6 nitrogen and oxygen atoms in total. The summed E-state index contributed by atoms with van der Waals surface area (Å²) in [5, 5.41) is 11.9. The van der Waals surface area contributed by atoms with Crippen LogP contribution in [0.2, 0.25) is 0 Å². The molecule has 2 fully saturated rings. The molecule has 3 atom stereocenters. The lowest BCUT2D eigenvalue weighted by atomic mass is 9.55. The molecule has 3 unspecified atom stereocenters. The lowest BCUT2D eigenvalue weighted by Gasteiger charge is -2.60. The van der Waals surface area contributed by atoms with Crippen molar-refractivity contribution in [3.8, 4) is 0 Å². The van der Waals surface area contributed by atoms with E-state index in [2.05, 4.69) is 48.4 Å². The monoisotopic (exact) mass is 361 g/mol. The molecule has 1 aromatic heterocycles. The number of aryl methyl sites for hydroxylation is 2. The van der Waals surface area contributed by atoms with Gasteiger partial charge in [-0.1, -0.05) is 27.7 Å². The quantitative estimate of drug-likeness (QED) is 0.624. The molecule has 3 rings (SSSR count). The molecular weight excluding hydrogens is 326 g/mol. The van der Waals surface area contributed by atoms with Gasteiger partial charge in [-0.15, -0.1) is 0 Å². The first-order chi connectivity index (χ1) is 12.4. The van der Waals surface area contributed by atoms with Gasteiger partial charge in [-0.3, -0.25) is 9.67 Å². The van der Waals surface area contributed by atoms with E-state index in [1.807, 2.05) is 18.8 Å². The Hall–Kier alpha value is -1.56. The fourth-order valence-electron chi connectivity index (χ4n) is 4.92. The van der Waals surface area contributed by atoms with E-state index < -0.39 is 0 Å². The molecule has 0 bridgehead atoms. The van der Waals surface area contributed by atoms with Crippen LogP contribution in [0.3, 0.4) is 0 Å². The lowest BCUT2D eigenvalue weighted by molar-refractivity contribution is -0.188. The van der Waals surface area contributed by atoms with Crippen molar-refractivity contribution in [3.05, 3.63) is 17.0 Å². The van der Waals surface area contributed by atoms with Crippen LogP contribution in [0.5, 0.6) is 0 Å². The Bertz CT molecular complexity index is 663. The molecule has 146 valence electrons. The number of aliphatic imine (C=N–C) groups is 1. The second kappa shape index (κ2) is 7.59. The topological polar surface area (TPSA) is 63.5 Å². The minimum atomic E-state index is 0.139. The second-order valence-electron chi connectivity index (χ2n) is 8.17. The van der Waals surface area contributed by atoms with Gasteiger partial charge in [0.2, 0.25) is 0 Å². The minimum absolute atomic E-state index is 0.139. The molecule has 1 saturated carbocycles. The van der Waals surface area contributed by atoms with Crippen LogP contribution in [0.25, 0.3) is 0 Å². The normalized spacial score (nSPS) is 27.6. The highest BCUT2D eigenvalue weighted by Crippen LogP contribution is 2.51. The number of rotatable bonds is 5. The van der Waals surface area contributed by atoms with Crippen molar-refractivity contribution in [1.82, 2.24) is 20.4 Å². The van der Waals surface area contributed by atoms with Crippen molar-refractivity contribution < 1.29 is 4.74 Å². The largest absolute Gasteiger partial charge is 0.377 e. The highest BCUT2D eigenvalue weighted by Gasteiger charge is 2.58. The zero-order valence-corrected chi connectivity index (χ0v) is 17.2. The molecule has 1 aliphatic heterocycles. The van der Waals surface area contributed by atoms with Gasteiger partial charge >= 0.3 is 0 Å². The third kappa shape index (κ3) is 3.24. The molecule has 2 aliphatic rings. The van der Waals surface area contributed by atoms with E-state index in [9.17, 15) is 0 Å². The summed E-state index contributed by atoms with van der Waals surface area (Å²) in [6.45, 7) is 10.6. The molecule has 0 amide bonds. The predicted molar refractivity (Wildman–Crippen MR) is 105 cm³/mol. The highest BCUT2D eigenvalue weighted by molar-refractivity contribution is 5.80. The molecule has 26 heavy (non-hydrogen) atoms. The van der Waals surface area contributed by atoms with E-state index in [0.717, 1.165) is 38.4 Å². The Morgan fingerprint density at radius 3 is 2.77 bits per heavy atom. The van der Waals surface area contributed by atoms with Gasteiger partial charge in [0.1, 0.15) is 0 Å². The predicted octanol–water partition coefficient (Wildman–Crippen LogP) is 2.41. The van der Waals surface area contributed by atoms with Crippen molar-refractivity contribution >= 4 is 5.96 Å². The standard InChI is InChI=1S/C20H35N5O/c1-7-15-14(16(8-2)25(6)24-15)12-22-19(21-5)23-17-13-10-9-11-26-18(13)20(17,3)4/h13,17-18H,7-12H2,1-6H3,(H2,21,22,23). The minimum Gasteiger partial charge on any atom is -0.377 e. The number of hydrogen-bond donors (Lipinski definition) is 2. The Kier molecular flexibility index (Phi) is 5.61. The summed E-state index contributed by atoms with van der Waals surface area (Å²) in [6.07, 6.45) is 4.72. The zero-order valence-electron chi connectivity index (χ0n) is 17.2. The molecule has 1 aromatic rings. The van der Waals surface area contributed by atoms with E-state index >= 15 is 0 Å². The maximum absolute atomic E-state index is 6.02. The number of nitrogens with one attached hydrogen (secondary N) is 2. The van der Waals surface area contributed by atoms with Gasteiger partial charge in [0, 0.05) is 55.9 Å². The summed E-state index contributed by atoms with van der Waals surface area (Å²) in [5.41, 5.74) is 3.93. The van der Waals surface area contributed by atoms with Crippen LogP contribution in [-0.2, 0) is 31.2 Å². The van der Waals surface area contributed by atoms with Gasteiger partial charge in [0.15, 0.2) is 5.96 Å². The van der Waals surface area contributed by atoms with Gasteiger partial charge in [-0.2, -0.15) is 5.10 Å². The maximum Gasteiger partial charge on any atom is 0.191 e. The summed E-state index contributed by atoms with van der Waals surface area (Å²) < 4.78 is 8.04. The fourth-order valence-corrected chi connectivity index (χ4v) is 4.92. The Morgan fingerprint density at radius 2 is 2.12 bits per heavy atom. The van der Waals surface area contributed by atoms with E-state index in [0.29, 0.717) is 18.1 Å². The van der Waals surface area contributed by atoms with Crippen LogP contribution in [0.15, 0.2) is 4.99 Å². The van der Waals surface area contributed by atoms with Gasteiger partial charge in [-0.05, 0) is 25.7 Å². The number of nitrogens with zero attached hydrogens (tertiary/aromatic N) is 3. The number of aromatic nitrogens is 2. The van der Waals surface area contributed by atoms with E-state index in [4.69, 9.17) is 4.74 Å². The molecule has 0 aromatic carbocycles. The fraction of sp³-hybridized carbons (Fsp3) is 0.800. The Balaban J connectivity index is 1.66. The van der Waals surface area contributed by atoms with Crippen LogP contribution < -0.4 is 10.6 Å². The molecular formula is C20H35N5O. The molecule has 1 saturated heterocycles. The molecule has 2 heterocycles. The van der Waals surface area contributed by atoms with Crippen LogP contribution >= 0.6 is 0 Å². The lowest BCUT2D eigenvalue weighted by Crippen LogP contribution is -2.71. The average Bonchev–Trinajstić information content (AvgIpc) is 2.96. The summed E-state index contributed by atoms with van der Waals surface area (Å²) in [6, 6.07) is 0.407. The summed E-state index contributed by atoms with van der Waals surface area (Å²) in [4.78, 5) is 4.47. The molecule has 0 spiro atoms. The van der Waals surface area contributed by atoms with Crippen molar-refractivity contribution in [2.24, 2.45) is 23.4 Å². The van der Waals surface area contributed by atoms with Gasteiger partial charge in [-0.25, -0.2) is 0 Å². The molecule has 6 heteroatoms.